The van der Waals surface area contributed by atoms with Crippen LogP contribution >= 0.6 is 22.9 Å². The SMILES string of the molecule is Cc1nc(-c2ncc(C(F)(F)F)cc2Cl)cs1. The van der Waals surface area contributed by atoms with E-state index in [0.717, 1.165) is 17.3 Å². The van der Waals surface area contributed by atoms with Crippen molar-refractivity contribution in [2.24, 2.45) is 0 Å². The van der Waals surface area contributed by atoms with Crippen molar-refractivity contribution in [3.8, 4) is 11.4 Å². The number of pyridine rings is 1. The quantitative estimate of drug-likeness (QED) is 0.782. The maximum Gasteiger partial charge on any atom is 0.417 e. The van der Waals surface area contributed by atoms with Crippen LogP contribution in [0.2, 0.25) is 5.02 Å². The Bertz CT molecular complexity index is 551. The average Bonchev–Trinajstić information content (AvgIpc) is 2.63. The van der Waals surface area contributed by atoms with Crippen LogP contribution in [0.1, 0.15) is 10.6 Å². The maximum atomic E-state index is 12.4. The molecular formula is C10H6ClF3N2S. The predicted molar refractivity (Wildman–Crippen MR) is 60.1 cm³/mol. The lowest BCUT2D eigenvalue weighted by molar-refractivity contribution is -0.137. The van der Waals surface area contributed by atoms with Crippen molar-refractivity contribution < 1.29 is 13.2 Å². The first-order chi connectivity index (χ1) is 7.88. The Kier molecular flexibility index (Phi) is 3.09. The molecule has 0 aliphatic heterocycles. The summed E-state index contributed by atoms with van der Waals surface area (Å²) in [7, 11) is 0. The number of halogens is 4. The summed E-state index contributed by atoms with van der Waals surface area (Å²) in [6, 6.07) is 0.860. The minimum atomic E-state index is -4.44. The summed E-state index contributed by atoms with van der Waals surface area (Å²) in [5, 5.41) is 2.46. The van der Waals surface area contributed by atoms with E-state index < -0.39 is 11.7 Å². The number of aryl methyl sites for hydroxylation is 1. The molecule has 7 heteroatoms. The lowest BCUT2D eigenvalue weighted by Gasteiger charge is -2.07. The van der Waals surface area contributed by atoms with E-state index in [1.165, 1.54) is 11.3 Å². The highest BCUT2D eigenvalue weighted by Gasteiger charge is 2.31. The monoisotopic (exact) mass is 278 g/mol. The molecule has 0 saturated carbocycles. The van der Waals surface area contributed by atoms with E-state index in [1.807, 2.05) is 0 Å². The fourth-order valence-electron chi connectivity index (χ4n) is 1.25. The highest BCUT2D eigenvalue weighted by atomic mass is 35.5. The van der Waals surface area contributed by atoms with Crippen molar-refractivity contribution in [1.29, 1.82) is 0 Å². The molecule has 0 amide bonds. The largest absolute Gasteiger partial charge is 0.417 e. The number of hydrogen-bond acceptors (Lipinski definition) is 3. The number of hydrogen-bond donors (Lipinski definition) is 0. The van der Waals surface area contributed by atoms with Gasteiger partial charge < -0.3 is 0 Å². The molecule has 0 radical (unpaired) electrons. The molecule has 0 unspecified atom stereocenters. The number of thiazole rings is 1. The second-order valence-electron chi connectivity index (χ2n) is 3.30. The zero-order valence-electron chi connectivity index (χ0n) is 8.55. The van der Waals surface area contributed by atoms with Gasteiger partial charge in [0.05, 0.1) is 15.6 Å². The van der Waals surface area contributed by atoms with Crippen LogP contribution in [0.25, 0.3) is 11.4 Å². The van der Waals surface area contributed by atoms with E-state index in [4.69, 9.17) is 11.6 Å². The Labute approximate surface area is 104 Å². The molecule has 0 aromatic carbocycles. The number of rotatable bonds is 1. The van der Waals surface area contributed by atoms with Crippen molar-refractivity contribution in [3.63, 3.8) is 0 Å². The van der Waals surface area contributed by atoms with Crippen molar-refractivity contribution in [2.45, 2.75) is 13.1 Å². The Morgan fingerprint density at radius 3 is 2.53 bits per heavy atom. The van der Waals surface area contributed by atoms with Crippen molar-refractivity contribution in [3.05, 3.63) is 33.2 Å². The number of aromatic nitrogens is 2. The van der Waals surface area contributed by atoms with Crippen LogP contribution in [0.5, 0.6) is 0 Å². The first-order valence-corrected chi connectivity index (χ1v) is 5.79. The Balaban J connectivity index is 2.45. The second kappa shape index (κ2) is 4.27. The van der Waals surface area contributed by atoms with Crippen LogP contribution in [0.15, 0.2) is 17.6 Å². The summed E-state index contributed by atoms with van der Waals surface area (Å²) < 4.78 is 37.2. The summed E-state index contributed by atoms with van der Waals surface area (Å²) in [4.78, 5) is 7.84. The normalized spacial score (nSPS) is 11.8. The van der Waals surface area contributed by atoms with E-state index in [-0.39, 0.29) is 10.7 Å². The number of alkyl halides is 3. The number of nitrogens with zero attached hydrogens (tertiary/aromatic N) is 2. The lowest BCUT2D eigenvalue weighted by Crippen LogP contribution is -2.05. The molecule has 0 aliphatic carbocycles. The van der Waals surface area contributed by atoms with E-state index >= 15 is 0 Å². The van der Waals surface area contributed by atoms with Gasteiger partial charge in [-0.15, -0.1) is 11.3 Å². The minimum Gasteiger partial charge on any atom is -0.252 e. The summed E-state index contributed by atoms with van der Waals surface area (Å²) in [5.41, 5.74) is -0.103. The average molecular weight is 279 g/mol. The third kappa shape index (κ3) is 2.58. The van der Waals surface area contributed by atoms with Crippen molar-refractivity contribution in [2.75, 3.05) is 0 Å². The predicted octanol–water partition coefficient (Wildman–Crippen LogP) is 4.19. The standard InChI is InChI=1S/C10H6ClF3N2S/c1-5-16-8(4-17-5)9-7(11)2-6(3-15-9)10(12,13)14/h2-4H,1H3. The summed E-state index contributed by atoms with van der Waals surface area (Å²) in [6.45, 7) is 1.80. The molecule has 2 aromatic rings. The van der Waals surface area contributed by atoms with Crippen LogP contribution in [0, 0.1) is 6.92 Å². The third-order valence-corrected chi connectivity index (χ3v) is 3.09. The molecule has 0 atom stereocenters. The molecule has 0 fully saturated rings. The van der Waals surface area contributed by atoms with Crippen LogP contribution in [0.3, 0.4) is 0 Å². The Morgan fingerprint density at radius 2 is 2.06 bits per heavy atom. The summed E-state index contributed by atoms with van der Waals surface area (Å²) in [6.07, 6.45) is -3.68. The first-order valence-electron chi connectivity index (χ1n) is 4.53. The fourth-order valence-corrected chi connectivity index (χ4v) is 2.11. The minimum absolute atomic E-state index is 0.0508. The van der Waals surface area contributed by atoms with E-state index in [0.29, 0.717) is 5.69 Å². The zero-order valence-corrected chi connectivity index (χ0v) is 10.1. The van der Waals surface area contributed by atoms with Crippen LogP contribution in [0.4, 0.5) is 13.2 Å². The Hall–Kier alpha value is -1.14. The van der Waals surface area contributed by atoms with Crippen LogP contribution in [-0.2, 0) is 6.18 Å². The van der Waals surface area contributed by atoms with Gasteiger partial charge in [0.25, 0.3) is 0 Å². The van der Waals surface area contributed by atoms with Gasteiger partial charge in [0.1, 0.15) is 11.4 Å². The Morgan fingerprint density at radius 1 is 1.35 bits per heavy atom. The highest BCUT2D eigenvalue weighted by molar-refractivity contribution is 7.09. The van der Waals surface area contributed by atoms with Gasteiger partial charge in [0, 0.05) is 11.6 Å². The molecule has 0 bridgehead atoms. The molecule has 2 aromatic heterocycles. The summed E-state index contributed by atoms with van der Waals surface area (Å²) >= 11 is 7.17. The zero-order chi connectivity index (χ0) is 12.6. The smallest absolute Gasteiger partial charge is 0.252 e. The highest BCUT2D eigenvalue weighted by Crippen LogP contribution is 2.34. The lowest BCUT2D eigenvalue weighted by atomic mass is 10.2. The molecule has 2 nitrogen and oxygen atoms in total. The summed E-state index contributed by atoms with van der Waals surface area (Å²) in [5.74, 6) is 0. The van der Waals surface area contributed by atoms with Crippen molar-refractivity contribution >= 4 is 22.9 Å². The maximum absolute atomic E-state index is 12.4. The van der Waals surface area contributed by atoms with Gasteiger partial charge in [-0.05, 0) is 13.0 Å². The molecule has 2 rings (SSSR count). The van der Waals surface area contributed by atoms with Gasteiger partial charge in [-0.3, -0.25) is 4.98 Å². The van der Waals surface area contributed by atoms with Gasteiger partial charge in [0.2, 0.25) is 0 Å². The molecular weight excluding hydrogens is 273 g/mol. The molecule has 0 N–H and O–H groups in total. The van der Waals surface area contributed by atoms with Gasteiger partial charge in [-0.1, -0.05) is 11.6 Å². The van der Waals surface area contributed by atoms with Crippen molar-refractivity contribution in [1.82, 2.24) is 9.97 Å². The molecule has 0 aliphatic rings. The van der Waals surface area contributed by atoms with Crippen LogP contribution < -0.4 is 0 Å². The topological polar surface area (TPSA) is 25.8 Å². The molecule has 2 heterocycles. The molecule has 0 spiro atoms. The van der Waals surface area contributed by atoms with Gasteiger partial charge in [-0.2, -0.15) is 13.2 Å². The molecule has 17 heavy (non-hydrogen) atoms. The molecule has 90 valence electrons. The van der Waals surface area contributed by atoms with E-state index in [2.05, 4.69) is 9.97 Å². The van der Waals surface area contributed by atoms with Gasteiger partial charge >= 0.3 is 6.18 Å². The second-order valence-corrected chi connectivity index (χ2v) is 4.77. The van der Waals surface area contributed by atoms with Crippen LogP contribution in [-0.4, -0.2) is 9.97 Å². The van der Waals surface area contributed by atoms with E-state index in [1.54, 1.807) is 12.3 Å². The van der Waals surface area contributed by atoms with E-state index in [9.17, 15) is 13.2 Å². The third-order valence-electron chi connectivity index (χ3n) is 2.03. The van der Waals surface area contributed by atoms with Gasteiger partial charge in [0.15, 0.2) is 0 Å². The molecule has 0 saturated heterocycles. The van der Waals surface area contributed by atoms with Gasteiger partial charge in [-0.25, -0.2) is 4.98 Å². The fraction of sp³-hybridized carbons (Fsp3) is 0.200. The first kappa shape index (κ1) is 12.3.